The Hall–Kier alpha value is -2.38. The van der Waals surface area contributed by atoms with Crippen molar-refractivity contribution in [2.75, 3.05) is 38.5 Å². The second-order valence-corrected chi connectivity index (χ2v) is 8.68. The monoisotopic (exact) mass is 409 g/mol. The number of aromatic nitrogens is 3. The molecule has 2 aromatic heterocycles. The summed E-state index contributed by atoms with van der Waals surface area (Å²) in [5, 5.41) is 5.34. The minimum atomic E-state index is 0.0925. The number of rotatable bonds is 5. The standard InChI is InChI=1S/C22H27N5OS/c1-16-15-19(20-17(2)24-25(3)21(20)23-16)22(28)27-11-9-26(10-12-27)13-14-29-18-7-5-4-6-8-18/h4-8,15H,9-14H2,1-3H3. The van der Waals surface area contributed by atoms with Gasteiger partial charge in [-0.05, 0) is 32.0 Å². The lowest BCUT2D eigenvalue weighted by Crippen LogP contribution is -2.49. The van der Waals surface area contributed by atoms with Crippen LogP contribution in [-0.4, -0.2) is 68.9 Å². The summed E-state index contributed by atoms with van der Waals surface area (Å²) in [6, 6.07) is 12.4. The summed E-state index contributed by atoms with van der Waals surface area (Å²) in [4.78, 5) is 23.6. The lowest BCUT2D eigenvalue weighted by molar-refractivity contribution is 0.0646. The molecule has 4 rings (SSSR count). The van der Waals surface area contributed by atoms with E-state index in [4.69, 9.17) is 0 Å². The predicted octanol–water partition coefficient (Wildman–Crippen LogP) is 3.14. The zero-order valence-electron chi connectivity index (χ0n) is 17.3. The zero-order valence-corrected chi connectivity index (χ0v) is 18.1. The summed E-state index contributed by atoms with van der Waals surface area (Å²) in [6.07, 6.45) is 0. The maximum atomic E-state index is 13.3. The quantitative estimate of drug-likeness (QED) is 0.606. The maximum absolute atomic E-state index is 13.3. The van der Waals surface area contributed by atoms with Crippen LogP contribution < -0.4 is 0 Å². The van der Waals surface area contributed by atoms with E-state index in [9.17, 15) is 4.79 Å². The van der Waals surface area contributed by atoms with E-state index in [0.29, 0.717) is 0 Å². The molecule has 1 amide bonds. The van der Waals surface area contributed by atoms with Crippen LogP contribution in [0.5, 0.6) is 0 Å². The predicted molar refractivity (Wildman–Crippen MR) is 117 cm³/mol. The number of carbonyl (C=O) groups is 1. The van der Waals surface area contributed by atoms with Crippen molar-refractivity contribution in [3.8, 4) is 0 Å². The SMILES string of the molecule is Cc1cc(C(=O)N2CCN(CCSc3ccccc3)CC2)c2c(C)nn(C)c2n1. The first-order valence-corrected chi connectivity index (χ1v) is 11.0. The molecule has 0 radical (unpaired) electrons. The van der Waals surface area contributed by atoms with E-state index in [1.807, 2.05) is 49.7 Å². The normalized spacial score (nSPS) is 15.2. The van der Waals surface area contributed by atoms with Crippen LogP contribution in [0.15, 0.2) is 41.3 Å². The average molecular weight is 410 g/mol. The third-order valence-electron chi connectivity index (χ3n) is 5.41. The molecule has 0 aliphatic carbocycles. The van der Waals surface area contributed by atoms with Crippen LogP contribution >= 0.6 is 11.8 Å². The number of piperazine rings is 1. The molecule has 3 aromatic rings. The Morgan fingerprint density at radius 3 is 2.55 bits per heavy atom. The second kappa shape index (κ2) is 8.55. The smallest absolute Gasteiger partial charge is 0.254 e. The highest BCUT2D eigenvalue weighted by Crippen LogP contribution is 2.24. The van der Waals surface area contributed by atoms with Crippen molar-refractivity contribution in [1.82, 2.24) is 24.6 Å². The zero-order chi connectivity index (χ0) is 20.4. The van der Waals surface area contributed by atoms with Crippen LogP contribution in [-0.2, 0) is 7.05 Å². The highest BCUT2D eigenvalue weighted by molar-refractivity contribution is 7.99. The molecular formula is C22H27N5OS. The van der Waals surface area contributed by atoms with Gasteiger partial charge >= 0.3 is 0 Å². The maximum Gasteiger partial charge on any atom is 0.254 e. The van der Waals surface area contributed by atoms with Gasteiger partial charge in [-0.15, -0.1) is 11.8 Å². The first kappa shape index (κ1) is 19.9. The molecule has 7 heteroatoms. The lowest BCUT2D eigenvalue weighted by Gasteiger charge is -2.34. The number of thioether (sulfide) groups is 1. The summed E-state index contributed by atoms with van der Waals surface area (Å²) in [7, 11) is 1.88. The van der Waals surface area contributed by atoms with E-state index in [-0.39, 0.29) is 5.91 Å². The molecule has 0 saturated carbocycles. The van der Waals surface area contributed by atoms with Crippen LogP contribution in [0.4, 0.5) is 0 Å². The van der Waals surface area contributed by atoms with Gasteiger partial charge in [0.15, 0.2) is 5.65 Å². The van der Waals surface area contributed by atoms with Gasteiger partial charge in [0.2, 0.25) is 0 Å². The fraction of sp³-hybridized carbons (Fsp3) is 0.409. The van der Waals surface area contributed by atoms with Gasteiger partial charge in [-0.1, -0.05) is 18.2 Å². The number of benzene rings is 1. The van der Waals surface area contributed by atoms with E-state index in [2.05, 4.69) is 39.2 Å². The molecule has 6 nitrogen and oxygen atoms in total. The average Bonchev–Trinajstić information content (AvgIpc) is 3.01. The number of nitrogens with zero attached hydrogens (tertiary/aromatic N) is 5. The van der Waals surface area contributed by atoms with E-state index >= 15 is 0 Å². The molecule has 1 saturated heterocycles. The van der Waals surface area contributed by atoms with Crippen molar-refractivity contribution in [3.63, 3.8) is 0 Å². The van der Waals surface area contributed by atoms with Gasteiger partial charge in [-0.3, -0.25) is 14.4 Å². The van der Waals surface area contributed by atoms with Crippen molar-refractivity contribution in [1.29, 1.82) is 0 Å². The highest BCUT2D eigenvalue weighted by atomic mass is 32.2. The molecule has 0 atom stereocenters. The Bertz CT molecular complexity index is 1010. The van der Waals surface area contributed by atoms with Gasteiger partial charge < -0.3 is 4.90 Å². The first-order valence-electron chi connectivity index (χ1n) is 10.0. The summed E-state index contributed by atoms with van der Waals surface area (Å²) < 4.78 is 1.76. The van der Waals surface area contributed by atoms with E-state index in [1.165, 1.54) is 4.90 Å². The van der Waals surface area contributed by atoms with Gasteiger partial charge in [0.1, 0.15) is 0 Å². The van der Waals surface area contributed by atoms with Gasteiger partial charge in [-0.25, -0.2) is 4.98 Å². The molecule has 1 fully saturated rings. The fourth-order valence-corrected chi connectivity index (χ4v) is 4.83. The van der Waals surface area contributed by atoms with Gasteiger partial charge in [0.05, 0.1) is 16.6 Å². The molecule has 1 aliphatic rings. The summed E-state index contributed by atoms with van der Waals surface area (Å²) in [6.45, 7) is 8.27. The minimum absolute atomic E-state index is 0.0925. The number of pyridine rings is 1. The molecule has 0 bridgehead atoms. The summed E-state index contributed by atoms with van der Waals surface area (Å²) in [5.74, 6) is 1.16. The molecule has 3 heterocycles. The Balaban J connectivity index is 1.38. The Morgan fingerprint density at radius 1 is 1.10 bits per heavy atom. The third kappa shape index (κ3) is 4.31. The number of fused-ring (bicyclic) bond motifs is 1. The van der Waals surface area contributed by atoms with E-state index < -0.39 is 0 Å². The molecule has 29 heavy (non-hydrogen) atoms. The lowest BCUT2D eigenvalue weighted by atomic mass is 10.1. The summed E-state index contributed by atoms with van der Waals surface area (Å²) in [5.41, 5.74) is 3.21. The van der Waals surface area contributed by atoms with Crippen LogP contribution in [0.2, 0.25) is 0 Å². The fourth-order valence-electron chi connectivity index (χ4n) is 3.89. The van der Waals surface area contributed by atoms with Crippen molar-refractivity contribution < 1.29 is 4.79 Å². The largest absolute Gasteiger partial charge is 0.336 e. The summed E-state index contributed by atoms with van der Waals surface area (Å²) >= 11 is 1.89. The topological polar surface area (TPSA) is 54.3 Å². The van der Waals surface area contributed by atoms with Crippen LogP contribution in [0, 0.1) is 13.8 Å². The first-order chi connectivity index (χ1) is 14.0. The Labute approximate surface area is 175 Å². The van der Waals surface area contributed by atoms with E-state index in [1.54, 1.807) is 4.68 Å². The molecule has 1 aliphatic heterocycles. The molecule has 0 N–H and O–H groups in total. The highest BCUT2D eigenvalue weighted by Gasteiger charge is 2.25. The number of aryl methyl sites for hydroxylation is 3. The molecular weight excluding hydrogens is 382 g/mol. The molecule has 0 unspecified atom stereocenters. The van der Waals surface area contributed by atoms with Crippen LogP contribution in [0.1, 0.15) is 21.7 Å². The number of carbonyl (C=O) groups excluding carboxylic acids is 1. The van der Waals surface area contributed by atoms with Crippen molar-refractivity contribution in [2.45, 2.75) is 18.7 Å². The van der Waals surface area contributed by atoms with Crippen molar-refractivity contribution in [3.05, 3.63) is 53.3 Å². The molecule has 152 valence electrons. The minimum Gasteiger partial charge on any atom is -0.336 e. The molecule has 1 aromatic carbocycles. The van der Waals surface area contributed by atoms with Gasteiger partial charge in [0, 0.05) is 56.1 Å². The third-order valence-corrected chi connectivity index (χ3v) is 6.40. The Kier molecular flexibility index (Phi) is 5.87. The van der Waals surface area contributed by atoms with Gasteiger partial charge in [0.25, 0.3) is 5.91 Å². The number of hydrogen-bond acceptors (Lipinski definition) is 5. The van der Waals surface area contributed by atoms with Crippen LogP contribution in [0.3, 0.4) is 0 Å². The van der Waals surface area contributed by atoms with Gasteiger partial charge in [-0.2, -0.15) is 5.10 Å². The van der Waals surface area contributed by atoms with E-state index in [0.717, 1.165) is 66.5 Å². The second-order valence-electron chi connectivity index (χ2n) is 7.51. The van der Waals surface area contributed by atoms with Crippen molar-refractivity contribution >= 4 is 28.7 Å². The number of amides is 1. The Morgan fingerprint density at radius 2 is 1.83 bits per heavy atom. The number of hydrogen-bond donors (Lipinski definition) is 0. The molecule has 0 spiro atoms. The van der Waals surface area contributed by atoms with Crippen LogP contribution in [0.25, 0.3) is 11.0 Å². The van der Waals surface area contributed by atoms with Crippen molar-refractivity contribution in [2.24, 2.45) is 7.05 Å².